The first-order valence-corrected chi connectivity index (χ1v) is 7.75. The van der Waals surface area contributed by atoms with Crippen molar-refractivity contribution in [3.05, 3.63) is 22.7 Å². The van der Waals surface area contributed by atoms with Gasteiger partial charge in [-0.05, 0) is 37.3 Å². The molecule has 118 valence electrons. The summed E-state index contributed by atoms with van der Waals surface area (Å²) >= 11 is 6.40. The molecule has 1 fully saturated rings. The van der Waals surface area contributed by atoms with Gasteiger partial charge in [-0.2, -0.15) is 0 Å². The second-order valence-corrected chi connectivity index (χ2v) is 5.77. The van der Waals surface area contributed by atoms with Gasteiger partial charge in [0.05, 0.1) is 19.2 Å². The van der Waals surface area contributed by atoms with Crippen molar-refractivity contribution in [2.75, 3.05) is 27.4 Å². The second kappa shape index (κ2) is 7.87. The van der Waals surface area contributed by atoms with Gasteiger partial charge in [-0.15, -0.1) is 0 Å². The minimum Gasteiger partial charge on any atom is -0.493 e. The average Bonchev–Trinajstić information content (AvgIpc) is 2.53. The predicted octanol–water partition coefficient (Wildman–Crippen LogP) is 3.26. The van der Waals surface area contributed by atoms with Gasteiger partial charge in [0.2, 0.25) is 0 Å². The van der Waals surface area contributed by atoms with Crippen LogP contribution < -0.4 is 14.8 Å². The summed E-state index contributed by atoms with van der Waals surface area (Å²) in [5, 5.41) is 4.18. The zero-order valence-electron chi connectivity index (χ0n) is 12.9. The van der Waals surface area contributed by atoms with Crippen LogP contribution in [0.5, 0.6) is 11.5 Å². The second-order valence-electron chi connectivity index (χ2n) is 5.39. The number of nitrogens with one attached hydrogen (secondary N) is 1. The standard InChI is InChI=1S/C16H24ClNO3/c1-11(12-6-8-21-9-7-12)18-10-13-4-5-14(19-2)16(20-3)15(13)17/h4-5,11-12,18H,6-10H2,1-3H3. The Kier molecular flexibility index (Phi) is 6.15. The van der Waals surface area contributed by atoms with Crippen molar-refractivity contribution in [1.82, 2.24) is 5.32 Å². The number of ether oxygens (including phenoxy) is 3. The van der Waals surface area contributed by atoms with Crippen LogP contribution >= 0.6 is 11.6 Å². The van der Waals surface area contributed by atoms with Crippen LogP contribution in [-0.4, -0.2) is 33.5 Å². The van der Waals surface area contributed by atoms with E-state index in [2.05, 4.69) is 12.2 Å². The molecule has 0 spiro atoms. The summed E-state index contributed by atoms with van der Waals surface area (Å²) in [6.45, 7) is 4.68. The van der Waals surface area contributed by atoms with E-state index >= 15 is 0 Å². The van der Waals surface area contributed by atoms with Crippen molar-refractivity contribution in [2.45, 2.75) is 32.4 Å². The van der Waals surface area contributed by atoms with E-state index in [0.29, 0.717) is 28.5 Å². The molecule has 21 heavy (non-hydrogen) atoms. The maximum Gasteiger partial charge on any atom is 0.179 e. The van der Waals surface area contributed by atoms with E-state index < -0.39 is 0 Å². The van der Waals surface area contributed by atoms with Crippen LogP contribution in [0.3, 0.4) is 0 Å². The van der Waals surface area contributed by atoms with E-state index in [9.17, 15) is 0 Å². The van der Waals surface area contributed by atoms with E-state index in [1.54, 1.807) is 14.2 Å². The Bertz CT molecular complexity index is 461. The summed E-state index contributed by atoms with van der Waals surface area (Å²) in [6, 6.07) is 4.31. The summed E-state index contributed by atoms with van der Waals surface area (Å²) in [6.07, 6.45) is 2.24. The molecule has 5 heteroatoms. The molecule has 1 saturated heterocycles. The highest BCUT2D eigenvalue weighted by molar-refractivity contribution is 6.33. The summed E-state index contributed by atoms with van der Waals surface area (Å²) in [5.41, 5.74) is 1.02. The highest BCUT2D eigenvalue weighted by Crippen LogP contribution is 2.37. The highest BCUT2D eigenvalue weighted by atomic mass is 35.5. The smallest absolute Gasteiger partial charge is 0.179 e. The van der Waals surface area contributed by atoms with Gasteiger partial charge in [0.25, 0.3) is 0 Å². The minimum absolute atomic E-state index is 0.443. The topological polar surface area (TPSA) is 39.7 Å². The summed E-state index contributed by atoms with van der Waals surface area (Å²) in [4.78, 5) is 0. The zero-order valence-corrected chi connectivity index (χ0v) is 13.7. The third kappa shape index (κ3) is 4.02. The van der Waals surface area contributed by atoms with Gasteiger partial charge < -0.3 is 19.5 Å². The number of rotatable bonds is 6. The number of benzene rings is 1. The molecule has 0 aliphatic carbocycles. The molecule has 1 atom stereocenters. The van der Waals surface area contributed by atoms with Gasteiger partial charge in [-0.25, -0.2) is 0 Å². The van der Waals surface area contributed by atoms with Gasteiger partial charge in [0, 0.05) is 25.8 Å². The van der Waals surface area contributed by atoms with Gasteiger partial charge in [-0.3, -0.25) is 0 Å². The number of methoxy groups -OCH3 is 2. The molecule has 1 aliphatic rings. The quantitative estimate of drug-likeness (QED) is 0.875. The summed E-state index contributed by atoms with van der Waals surface area (Å²) in [7, 11) is 3.21. The van der Waals surface area contributed by atoms with E-state index in [0.717, 1.165) is 38.2 Å². The number of hydrogen-bond donors (Lipinski definition) is 1. The van der Waals surface area contributed by atoms with Crippen LogP contribution in [0.2, 0.25) is 5.02 Å². The fraction of sp³-hybridized carbons (Fsp3) is 0.625. The van der Waals surface area contributed by atoms with Crippen LogP contribution in [0.25, 0.3) is 0 Å². The summed E-state index contributed by atoms with van der Waals surface area (Å²) in [5.74, 6) is 1.92. The maximum atomic E-state index is 6.40. The Balaban J connectivity index is 1.99. The molecule has 0 saturated carbocycles. The summed E-state index contributed by atoms with van der Waals surface area (Å²) < 4.78 is 16.0. The molecule has 2 rings (SSSR count). The third-order valence-corrected chi connectivity index (χ3v) is 4.57. The lowest BCUT2D eigenvalue weighted by molar-refractivity contribution is 0.0558. The first-order chi connectivity index (χ1) is 10.2. The van der Waals surface area contributed by atoms with E-state index in [1.165, 1.54) is 0 Å². The normalized spacial score (nSPS) is 17.5. The van der Waals surface area contributed by atoms with Crippen molar-refractivity contribution >= 4 is 11.6 Å². The van der Waals surface area contributed by atoms with Crippen LogP contribution in [0.15, 0.2) is 12.1 Å². The molecule has 1 aromatic rings. The number of halogens is 1. The average molecular weight is 314 g/mol. The molecule has 1 N–H and O–H groups in total. The van der Waals surface area contributed by atoms with Crippen molar-refractivity contribution in [2.24, 2.45) is 5.92 Å². The number of hydrogen-bond acceptors (Lipinski definition) is 4. The molecule has 0 aromatic heterocycles. The van der Waals surface area contributed by atoms with Crippen molar-refractivity contribution < 1.29 is 14.2 Å². The molecule has 1 heterocycles. The van der Waals surface area contributed by atoms with E-state index in [4.69, 9.17) is 25.8 Å². The fourth-order valence-electron chi connectivity index (χ4n) is 2.72. The Morgan fingerprint density at radius 1 is 1.29 bits per heavy atom. The van der Waals surface area contributed by atoms with Crippen LogP contribution in [0, 0.1) is 5.92 Å². The van der Waals surface area contributed by atoms with Gasteiger partial charge in [0.15, 0.2) is 11.5 Å². The van der Waals surface area contributed by atoms with Crippen LogP contribution in [-0.2, 0) is 11.3 Å². The molecule has 0 bridgehead atoms. The minimum atomic E-state index is 0.443. The molecule has 1 aromatic carbocycles. The van der Waals surface area contributed by atoms with Gasteiger partial charge in [-0.1, -0.05) is 17.7 Å². The van der Waals surface area contributed by atoms with Crippen LogP contribution in [0.1, 0.15) is 25.3 Å². The monoisotopic (exact) mass is 313 g/mol. The lowest BCUT2D eigenvalue weighted by Gasteiger charge is -2.28. The van der Waals surface area contributed by atoms with Gasteiger partial charge >= 0.3 is 0 Å². The molecule has 0 amide bonds. The molecular formula is C16H24ClNO3. The predicted molar refractivity (Wildman–Crippen MR) is 84.4 cm³/mol. The Morgan fingerprint density at radius 3 is 2.62 bits per heavy atom. The Labute approximate surface area is 131 Å². The molecular weight excluding hydrogens is 290 g/mol. The molecule has 1 unspecified atom stereocenters. The van der Waals surface area contributed by atoms with Crippen molar-refractivity contribution in [3.8, 4) is 11.5 Å². The largest absolute Gasteiger partial charge is 0.493 e. The van der Waals surface area contributed by atoms with Crippen LogP contribution in [0.4, 0.5) is 0 Å². The van der Waals surface area contributed by atoms with Crippen molar-refractivity contribution in [1.29, 1.82) is 0 Å². The van der Waals surface area contributed by atoms with Gasteiger partial charge in [0.1, 0.15) is 0 Å². The lowest BCUT2D eigenvalue weighted by atomic mass is 9.93. The molecule has 4 nitrogen and oxygen atoms in total. The third-order valence-electron chi connectivity index (χ3n) is 4.15. The van der Waals surface area contributed by atoms with E-state index in [-0.39, 0.29) is 0 Å². The fourth-order valence-corrected chi connectivity index (χ4v) is 3.02. The first kappa shape index (κ1) is 16.4. The SMILES string of the molecule is COc1ccc(CNC(C)C2CCOCC2)c(Cl)c1OC. The Morgan fingerprint density at radius 2 is 2.00 bits per heavy atom. The van der Waals surface area contributed by atoms with Crippen molar-refractivity contribution in [3.63, 3.8) is 0 Å². The molecule has 0 radical (unpaired) electrons. The zero-order chi connectivity index (χ0) is 15.2. The van der Waals surface area contributed by atoms with E-state index in [1.807, 2.05) is 12.1 Å². The first-order valence-electron chi connectivity index (χ1n) is 7.37. The molecule has 1 aliphatic heterocycles. The lowest BCUT2D eigenvalue weighted by Crippen LogP contribution is -2.36. The maximum absolute atomic E-state index is 6.40. The Hall–Kier alpha value is -0.970. The highest BCUT2D eigenvalue weighted by Gasteiger charge is 2.20.